The molecule has 0 unspecified atom stereocenters. The number of ether oxygens (including phenoxy) is 1. The zero-order valence-electron chi connectivity index (χ0n) is 11.6. The van der Waals surface area contributed by atoms with Gasteiger partial charge in [0.05, 0.1) is 17.2 Å². The smallest absolute Gasteiger partial charge is 0.348 e. The number of esters is 1. The van der Waals surface area contributed by atoms with Gasteiger partial charge in [-0.15, -0.1) is 11.3 Å². The molecule has 0 spiro atoms. The van der Waals surface area contributed by atoms with Crippen molar-refractivity contribution in [3.8, 4) is 11.1 Å². The monoisotopic (exact) mass is 372 g/mol. The minimum absolute atomic E-state index is 0.0677. The minimum atomic E-state index is -0.632. The van der Waals surface area contributed by atoms with Gasteiger partial charge in [-0.2, -0.15) is 0 Å². The third-order valence-electron chi connectivity index (χ3n) is 3.30. The number of methoxy groups -OCH3 is 1. The average Bonchev–Trinajstić information content (AvgIpc) is 2.88. The van der Waals surface area contributed by atoms with Crippen LogP contribution in [0.3, 0.4) is 0 Å². The number of fused-ring (bicyclic) bond motifs is 1. The SMILES string of the molecule is COC(=O)c1sc2cc(F)ccc2c1-c1cc(Cl)c(Cl)cc1F. The topological polar surface area (TPSA) is 26.3 Å². The van der Waals surface area contributed by atoms with Crippen molar-refractivity contribution in [2.75, 3.05) is 7.11 Å². The van der Waals surface area contributed by atoms with Gasteiger partial charge in [0.2, 0.25) is 0 Å². The van der Waals surface area contributed by atoms with Crippen LogP contribution in [0.2, 0.25) is 10.0 Å². The standard InChI is InChI=1S/C16H8Cl2F2O2S/c1-22-16(21)15-14(8-3-2-7(19)4-13(8)23-15)9-5-10(17)11(18)6-12(9)20/h2-6H,1H3. The Morgan fingerprint density at radius 1 is 1.13 bits per heavy atom. The molecule has 0 N–H and O–H groups in total. The van der Waals surface area contributed by atoms with Crippen molar-refractivity contribution in [1.29, 1.82) is 0 Å². The van der Waals surface area contributed by atoms with Crippen molar-refractivity contribution in [3.05, 3.63) is 56.9 Å². The van der Waals surface area contributed by atoms with Crippen LogP contribution in [0, 0.1) is 11.6 Å². The van der Waals surface area contributed by atoms with Crippen LogP contribution in [0.4, 0.5) is 8.78 Å². The molecular formula is C16H8Cl2F2O2S. The van der Waals surface area contributed by atoms with Gasteiger partial charge in [-0.05, 0) is 30.3 Å². The first-order valence-electron chi connectivity index (χ1n) is 6.37. The fraction of sp³-hybridized carbons (Fsp3) is 0.0625. The number of rotatable bonds is 2. The van der Waals surface area contributed by atoms with E-state index in [1.807, 2.05) is 0 Å². The summed E-state index contributed by atoms with van der Waals surface area (Å²) in [6.45, 7) is 0. The molecule has 3 aromatic rings. The van der Waals surface area contributed by atoms with Gasteiger partial charge in [0.15, 0.2) is 0 Å². The van der Waals surface area contributed by atoms with E-state index in [0.717, 1.165) is 17.4 Å². The number of hydrogen-bond donors (Lipinski definition) is 0. The molecule has 23 heavy (non-hydrogen) atoms. The summed E-state index contributed by atoms with van der Waals surface area (Å²) in [4.78, 5) is 12.2. The van der Waals surface area contributed by atoms with E-state index in [0.29, 0.717) is 15.6 Å². The molecule has 0 aliphatic carbocycles. The highest BCUT2D eigenvalue weighted by molar-refractivity contribution is 7.21. The molecule has 0 amide bonds. The number of carbonyl (C=O) groups excluding carboxylic acids is 1. The van der Waals surface area contributed by atoms with Crippen LogP contribution in [-0.4, -0.2) is 13.1 Å². The van der Waals surface area contributed by atoms with Crippen LogP contribution < -0.4 is 0 Å². The summed E-state index contributed by atoms with van der Waals surface area (Å²) in [5, 5.41) is 0.757. The van der Waals surface area contributed by atoms with Crippen LogP contribution >= 0.6 is 34.5 Å². The van der Waals surface area contributed by atoms with Crippen LogP contribution in [0.25, 0.3) is 21.2 Å². The number of halogens is 4. The maximum Gasteiger partial charge on any atom is 0.348 e. The molecule has 0 fully saturated rings. The lowest BCUT2D eigenvalue weighted by atomic mass is 10.0. The predicted octanol–water partition coefficient (Wildman–Crippen LogP) is 5.94. The fourth-order valence-corrected chi connectivity index (χ4v) is 3.76. The molecule has 1 heterocycles. The first kappa shape index (κ1) is 16.2. The second kappa shape index (κ2) is 6.07. The molecule has 0 atom stereocenters. The second-order valence-electron chi connectivity index (χ2n) is 4.68. The number of benzene rings is 2. The van der Waals surface area contributed by atoms with Gasteiger partial charge in [-0.25, -0.2) is 13.6 Å². The third-order valence-corrected chi connectivity index (χ3v) is 5.16. The highest BCUT2D eigenvalue weighted by atomic mass is 35.5. The molecule has 1 aromatic heterocycles. The van der Waals surface area contributed by atoms with Gasteiger partial charge in [0.1, 0.15) is 16.5 Å². The lowest BCUT2D eigenvalue weighted by molar-refractivity contribution is 0.0607. The van der Waals surface area contributed by atoms with E-state index in [9.17, 15) is 13.6 Å². The van der Waals surface area contributed by atoms with Gasteiger partial charge >= 0.3 is 5.97 Å². The van der Waals surface area contributed by atoms with Crippen molar-refractivity contribution in [3.63, 3.8) is 0 Å². The minimum Gasteiger partial charge on any atom is -0.465 e. The zero-order chi connectivity index (χ0) is 16.7. The number of hydrogen-bond acceptors (Lipinski definition) is 3. The van der Waals surface area contributed by atoms with Crippen molar-refractivity contribution in [2.45, 2.75) is 0 Å². The first-order valence-corrected chi connectivity index (χ1v) is 7.95. The Hall–Kier alpha value is -1.69. The van der Waals surface area contributed by atoms with E-state index in [-0.39, 0.29) is 20.5 Å². The summed E-state index contributed by atoms with van der Waals surface area (Å²) in [6, 6.07) is 6.44. The first-order chi connectivity index (χ1) is 10.9. The highest BCUT2D eigenvalue weighted by Crippen LogP contribution is 2.42. The molecule has 0 aliphatic rings. The average molecular weight is 373 g/mol. The Morgan fingerprint density at radius 3 is 2.52 bits per heavy atom. The summed E-state index contributed by atoms with van der Waals surface area (Å²) in [5.74, 6) is -1.71. The Bertz CT molecular complexity index is 937. The Morgan fingerprint density at radius 2 is 1.83 bits per heavy atom. The molecule has 118 valence electrons. The van der Waals surface area contributed by atoms with Crippen molar-refractivity contribution < 1.29 is 18.3 Å². The molecule has 3 rings (SSSR count). The highest BCUT2D eigenvalue weighted by Gasteiger charge is 2.23. The molecular weight excluding hydrogens is 365 g/mol. The summed E-state index contributed by atoms with van der Waals surface area (Å²) in [5.41, 5.74) is 0.422. The zero-order valence-corrected chi connectivity index (χ0v) is 14.0. The fourth-order valence-electron chi connectivity index (χ4n) is 2.29. The van der Waals surface area contributed by atoms with Gasteiger partial charge in [-0.1, -0.05) is 23.2 Å². The number of thiophene rings is 1. The lowest BCUT2D eigenvalue weighted by Crippen LogP contribution is -2.00. The van der Waals surface area contributed by atoms with Crippen LogP contribution in [-0.2, 0) is 4.74 Å². The van der Waals surface area contributed by atoms with Crippen LogP contribution in [0.1, 0.15) is 9.67 Å². The Labute approximate surface area is 144 Å². The molecule has 0 bridgehead atoms. The van der Waals surface area contributed by atoms with Gasteiger partial charge in [-0.3, -0.25) is 0 Å². The van der Waals surface area contributed by atoms with E-state index >= 15 is 0 Å². The Kier molecular flexibility index (Phi) is 4.27. The quantitative estimate of drug-likeness (QED) is 0.411. The van der Waals surface area contributed by atoms with E-state index in [4.69, 9.17) is 27.9 Å². The molecule has 2 nitrogen and oxygen atoms in total. The van der Waals surface area contributed by atoms with Gasteiger partial charge < -0.3 is 4.74 Å². The summed E-state index contributed by atoms with van der Waals surface area (Å²) < 4.78 is 33.1. The van der Waals surface area contributed by atoms with Gasteiger partial charge in [0, 0.05) is 21.2 Å². The molecule has 0 saturated heterocycles. The van der Waals surface area contributed by atoms with E-state index in [1.54, 1.807) is 0 Å². The lowest BCUT2D eigenvalue weighted by Gasteiger charge is -2.07. The largest absolute Gasteiger partial charge is 0.465 e. The maximum absolute atomic E-state index is 14.4. The van der Waals surface area contributed by atoms with Crippen molar-refractivity contribution in [2.24, 2.45) is 0 Å². The second-order valence-corrected chi connectivity index (χ2v) is 6.55. The molecule has 0 aliphatic heterocycles. The molecule has 0 saturated carbocycles. The molecule has 2 aromatic carbocycles. The normalized spacial score (nSPS) is 11.0. The van der Waals surface area contributed by atoms with Crippen molar-refractivity contribution >= 4 is 50.6 Å². The summed E-state index contributed by atoms with van der Waals surface area (Å²) >= 11 is 12.8. The van der Waals surface area contributed by atoms with Crippen LogP contribution in [0.5, 0.6) is 0 Å². The summed E-state index contributed by atoms with van der Waals surface area (Å²) in [6.07, 6.45) is 0. The Balaban J connectivity index is 2.39. The summed E-state index contributed by atoms with van der Waals surface area (Å²) in [7, 11) is 1.22. The van der Waals surface area contributed by atoms with E-state index in [1.165, 1.54) is 31.4 Å². The van der Waals surface area contributed by atoms with E-state index in [2.05, 4.69) is 0 Å². The van der Waals surface area contributed by atoms with E-state index < -0.39 is 17.6 Å². The number of carbonyl (C=O) groups is 1. The van der Waals surface area contributed by atoms with Gasteiger partial charge in [0.25, 0.3) is 0 Å². The molecule has 0 radical (unpaired) electrons. The van der Waals surface area contributed by atoms with Crippen molar-refractivity contribution in [1.82, 2.24) is 0 Å². The predicted molar refractivity (Wildman–Crippen MR) is 88.5 cm³/mol. The maximum atomic E-state index is 14.4. The third kappa shape index (κ3) is 2.80. The van der Waals surface area contributed by atoms with Crippen LogP contribution in [0.15, 0.2) is 30.3 Å². The molecule has 7 heteroatoms.